The van der Waals surface area contributed by atoms with Crippen molar-refractivity contribution in [3.05, 3.63) is 23.7 Å². The number of carbonyl (C=O) groups is 1. The number of fused-ring (bicyclic) bond motifs is 1. The van der Waals surface area contributed by atoms with Crippen LogP contribution in [0.4, 0.5) is 0 Å². The first-order chi connectivity index (χ1) is 8.25. The lowest BCUT2D eigenvalue weighted by Crippen LogP contribution is -2.36. The SMILES string of the molecule is O=C(O)CN(C1CC1)C1CCCc2occc21. The Morgan fingerprint density at radius 3 is 3.00 bits per heavy atom. The highest BCUT2D eigenvalue weighted by Gasteiger charge is 2.38. The van der Waals surface area contributed by atoms with Crippen LogP contribution in [0.25, 0.3) is 0 Å². The zero-order valence-corrected chi connectivity index (χ0v) is 9.76. The summed E-state index contributed by atoms with van der Waals surface area (Å²) in [5.74, 6) is 0.324. The summed E-state index contributed by atoms with van der Waals surface area (Å²) in [4.78, 5) is 13.1. The quantitative estimate of drug-likeness (QED) is 0.869. The normalized spacial score (nSPS) is 23.7. The lowest BCUT2D eigenvalue weighted by Gasteiger charge is -2.32. The Bertz CT molecular complexity index is 422. The molecule has 1 saturated carbocycles. The van der Waals surface area contributed by atoms with Crippen molar-refractivity contribution in [1.29, 1.82) is 0 Å². The van der Waals surface area contributed by atoms with Gasteiger partial charge in [0.1, 0.15) is 5.76 Å². The van der Waals surface area contributed by atoms with E-state index in [-0.39, 0.29) is 12.6 Å². The Kier molecular flexibility index (Phi) is 2.67. The van der Waals surface area contributed by atoms with Gasteiger partial charge in [0.25, 0.3) is 0 Å². The Balaban J connectivity index is 1.85. The molecule has 1 aromatic rings. The van der Waals surface area contributed by atoms with Crippen LogP contribution in [0.3, 0.4) is 0 Å². The van der Waals surface area contributed by atoms with E-state index >= 15 is 0 Å². The molecule has 0 bridgehead atoms. The third-order valence-corrected chi connectivity index (χ3v) is 3.75. The van der Waals surface area contributed by atoms with Crippen molar-refractivity contribution >= 4 is 5.97 Å². The maximum Gasteiger partial charge on any atom is 0.317 e. The summed E-state index contributed by atoms with van der Waals surface area (Å²) in [6, 6.07) is 2.73. The Labute approximate surface area is 100 Å². The van der Waals surface area contributed by atoms with E-state index < -0.39 is 5.97 Å². The maximum absolute atomic E-state index is 11.0. The molecule has 2 aliphatic carbocycles. The van der Waals surface area contributed by atoms with E-state index in [0.717, 1.165) is 37.9 Å². The van der Waals surface area contributed by atoms with Crippen LogP contribution < -0.4 is 0 Å². The van der Waals surface area contributed by atoms with Gasteiger partial charge in [0.2, 0.25) is 0 Å². The molecule has 1 unspecified atom stereocenters. The molecule has 0 saturated heterocycles. The molecule has 2 aliphatic rings. The highest BCUT2D eigenvalue weighted by atomic mass is 16.4. The largest absolute Gasteiger partial charge is 0.480 e. The molecule has 1 fully saturated rings. The number of furan rings is 1. The van der Waals surface area contributed by atoms with Gasteiger partial charge in [0.15, 0.2) is 0 Å². The van der Waals surface area contributed by atoms with Crippen LogP contribution in [-0.4, -0.2) is 28.6 Å². The second-order valence-corrected chi connectivity index (χ2v) is 5.00. The molecule has 1 aromatic heterocycles. The second-order valence-electron chi connectivity index (χ2n) is 5.00. The molecule has 1 heterocycles. The van der Waals surface area contributed by atoms with E-state index in [4.69, 9.17) is 9.52 Å². The molecule has 1 atom stereocenters. The minimum Gasteiger partial charge on any atom is -0.480 e. The molecule has 1 N–H and O–H groups in total. The molecule has 0 radical (unpaired) electrons. The minimum absolute atomic E-state index is 0.153. The standard InChI is InChI=1S/C13H17NO3/c15-13(16)8-14(9-4-5-9)11-2-1-3-12-10(11)6-7-17-12/h6-7,9,11H,1-5,8H2,(H,15,16). The van der Waals surface area contributed by atoms with Gasteiger partial charge in [0, 0.05) is 24.1 Å². The molecule has 4 nitrogen and oxygen atoms in total. The number of carboxylic acids is 1. The number of hydrogen-bond acceptors (Lipinski definition) is 3. The summed E-state index contributed by atoms with van der Waals surface area (Å²) in [5.41, 5.74) is 1.21. The topological polar surface area (TPSA) is 53.7 Å². The van der Waals surface area contributed by atoms with Crippen LogP contribution in [0.5, 0.6) is 0 Å². The number of rotatable bonds is 4. The fourth-order valence-corrected chi connectivity index (χ4v) is 2.86. The summed E-state index contributed by atoms with van der Waals surface area (Å²) in [5, 5.41) is 9.02. The van der Waals surface area contributed by atoms with Gasteiger partial charge in [-0.15, -0.1) is 0 Å². The van der Waals surface area contributed by atoms with Gasteiger partial charge in [-0.1, -0.05) is 0 Å². The smallest absolute Gasteiger partial charge is 0.317 e. The molecule has 0 aromatic carbocycles. The highest BCUT2D eigenvalue weighted by molar-refractivity contribution is 5.69. The molecule has 3 rings (SSSR count). The highest BCUT2D eigenvalue weighted by Crippen LogP contribution is 2.40. The van der Waals surface area contributed by atoms with E-state index in [9.17, 15) is 4.79 Å². The monoisotopic (exact) mass is 235 g/mol. The lowest BCUT2D eigenvalue weighted by atomic mass is 9.92. The lowest BCUT2D eigenvalue weighted by molar-refractivity contribution is -0.139. The molecule has 4 heteroatoms. The third-order valence-electron chi connectivity index (χ3n) is 3.75. The average Bonchev–Trinajstić information content (AvgIpc) is 3.02. The fraction of sp³-hybridized carbons (Fsp3) is 0.615. The molecule has 92 valence electrons. The summed E-state index contributed by atoms with van der Waals surface area (Å²) in [6.45, 7) is 0.153. The first-order valence-corrected chi connectivity index (χ1v) is 6.29. The summed E-state index contributed by atoms with van der Waals surface area (Å²) in [7, 11) is 0. The number of nitrogens with zero attached hydrogens (tertiary/aromatic N) is 1. The van der Waals surface area contributed by atoms with Crippen molar-refractivity contribution in [3.8, 4) is 0 Å². The maximum atomic E-state index is 11.0. The minimum atomic E-state index is -0.729. The van der Waals surface area contributed by atoms with E-state index in [1.54, 1.807) is 6.26 Å². The number of aliphatic carboxylic acids is 1. The van der Waals surface area contributed by atoms with Gasteiger partial charge in [0.05, 0.1) is 12.8 Å². The first-order valence-electron chi connectivity index (χ1n) is 6.29. The van der Waals surface area contributed by atoms with E-state index in [0.29, 0.717) is 6.04 Å². The van der Waals surface area contributed by atoms with Gasteiger partial charge < -0.3 is 9.52 Å². The zero-order valence-electron chi connectivity index (χ0n) is 9.76. The Hall–Kier alpha value is -1.29. The van der Waals surface area contributed by atoms with Crippen LogP contribution in [0.2, 0.25) is 0 Å². The van der Waals surface area contributed by atoms with Crippen LogP contribution in [0.15, 0.2) is 16.7 Å². The van der Waals surface area contributed by atoms with Crippen molar-refractivity contribution in [3.63, 3.8) is 0 Å². The van der Waals surface area contributed by atoms with Crippen molar-refractivity contribution in [2.75, 3.05) is 6.54 Å². The summed E-state index contributed by atoms with van der Waals surface area (Å²) >= 11 is 0. The van der Waals surface area contributed by atoms with E-state index in [1.165, 1.54) is 5.56 Å². The predicted molar refractivity (Wildman–Crippen MR) is 61.8 cm³/mol. The predicted octanol–water partition coefficient (Wildman–Crippen LogP) is 2.21. The molecule has 0 spiro atoms. The fourth-order valence-electron chi connectivity index (χ4n) is 2.86. The molecule has 17 heavy (non-hydrogen) atoms. The zero-order chi connectivity index (χ0) is 11.8. The summed E-state index contributed by atoms with van der Waals surface area (Å²) in [6.07, 6.45) is 7.14. The molecular weight excluding hydrogens is 218 g/mol. The van der Waals surface area contributed by atoms with Crippen molar-refractivity contribution in [2.24, 2.45) is 0 Å². The first kappa shape index (κ1) is 10.8. The molecular formula is C13H17NO3. The van der Waals surface area contributed by atoms with Crippen molar-refractivity contribution in [1.82, 2.24) is 4.90 Å². The van der Waals surface area contributed by atoms with Gasteiger partial charge in [-0.25, -0.2) is 0 Å². The Morgan fingerprint density at radius 1 is 1.47 bits per heavy atom. The Morgan fingerprint density at radius 2 is 2.29 bits per heavy atom. The summed E-state index contributed by atoms with van der Waals surface area (Å²) < 4.78 is 5.47. The van der Waals surface area contributed by atoms with Gasteiger partial charge in [-0.05, 0) is 31.7 Å². The van der Waals surface area contributed by atoms with Crippen LogP contribution in [0, 0.1) is 0 Å². The van der Waals surface area contributed by atoms with Crippen LogP contribution in [0.1, 0.15) is 43.0 Å². The van der Waals surface area contributed by atoms with E-state index in [1.807, 2.05) is 6.07 Å². The third kappa shape index (κ3) is 2.09. The average molecular weight is 235 g/mol. The second kappa shape index (κ2) is 4.18. The van der Waals surface area contributed by atoms with Crippen molar-refractivity contribution < 1.29 is 14.3 Å². The molecule has 0 amide bonds. The number of aryl methyl sites for hydroxylation is 1. The van der Waals surface area contributed by atoms with Gasteiger partial charge >= 0.3 is 5.97 Å². The van der Waals surface area contributed by atoms with Crippen molar-refractivity contribution in [2.45, 2.75) is 44.2 Å². The number of hydrogen-bond donors (Lipinski definition) is 1. The molecule has 0 aliphatic heterocycles. The van der Waals surface area contributed by atoms with Crippen LogP contribution >= 0.6 is 0 Å². The van der Waals surface area contributed by atoms with Crippen LogP contribution in [-0.2, 0) is 11.2 Å². The van der Waals surface area contributed by atoms with Gasteiger partial charge in [-0.2, -0.15) is 0 Å². The number of carboxylic acid groups (broad SMARTS) is 1. The van der Waals surface area contributed by atoms with E-state index in [2.05, 4.69) is 4.90 Å². The van der Waals surface area contributed by atoms with Gasteiger partial charge in [-0.3, -0.25) is 9.69 Å².